The fraction of sp³-hybridized carbons (Fsp3) is 0.524. The first-order chi connectivity index (χ1) is 13.6. The van der Waals surface area contributed by atoms with Crippen molar-refractivity contribution in [2.24, 2.45) is 0 Å². The molecule has 2 saturated heterocycles. The lowest BCUT2D eigenvalue weighted by molar-refractivity contribution is 0.106. The quantitative estimate of drug-likeness (QED) is 0.785. The summed E-state index contributed by atoms with van der Waals surface area (Å²) >= 11 is 6.47. The van der Waals surface area contributed by atoms with Crippen LogP contribution in [0.3, 0.4) is 0 Å². The second-order valence-corrected chi connectivity index (χ2v) is 8.25. The van der Waals surface area contributed by atoms with Gasteiger partial charge in [0.15, 0.2) is 0 Å². The lowest BCUT2D eigenvalue weighted by Gasteiger charge is -2.43. The number of anilines is 1. The lowest BCUT2D eigenvalue weighted by atomic mass is 10.0. The van der Waals surface area contributed by atoms with Gasteiger partial charge in [-0.3, -0.25) is 9.69 Å². The van der Waals surface area contributed by atoms with Crippen molar-refractivity contribution in [1.82, 2.24) is 19.6 Å². The topological polar surface area (TPSA) is 44.6 Å². The second kappa shape index (κ2) is 8.64. The van der Waals surface area contributed by atoms with Crippen LogP contribution in [0.2, 0.25) is 5.02 Å². The Balaban J connectivity index is 1.42. The van der Waals surface area contributed by atoms with Crippen LogP contribution in [0.5, 0.6) is 0 Å². The number of aromatic nitrogens is 2. The Morgan fingerprint density at radius 1 is 1.11 bits per heavy atom. The van der Waals surface area contributed by atoms with Crippen LogP contribution in [0.15, 0.2) is 41.3 Å². The number of piperazine rings is 1. The number of hydrogen-bond acceptors (Lipinski definition) is 5. The molecule has 0 spiro atoms. The molecule has 7 heteroatoms. The monoisotopic (exact) mass is 401 g/mol. The van der Waals surface area contributed by atoms with Gasteiger partial charge in [0.1, 0.15) is 5.02 Å². The molecule has 28 heavy (non-hydrogen) atoms. The highest BCUT2D eigenvalue weighted by molar-refractivity contribution is 6.33. The molecule has 0 amide bonds. The van der Waals surface area contributed by atoms with Gasteiger partial charge in [0.25, 0.3) is 5.56 Å². The number of benzene rings is 1. The highest BCUT2D eigenvalue weighted by atomic mass is 35.5. The van der Waals surface area contributed by atoms with E-state index in [1.165, 1.54) is 24.1 Å². The van der Waals surface area contributed by atoms with Crippen molar-refractivity contribution in [1.29, 1.82) is 0 Å². The Kier molecular flexibility index (Phi) is 5.99. The van der Waals surface area contributed by atoms with Crippen LogP contribution in [0.25, 0.3) is 0 Å². The smallest absolute Gasteiger partial charge is 0.287 e. The third-order valence-electron chi connectivity index (χ3n) is 5.91. The number of likely N-dealkylation sites (N-methyl/N-ethyl adjacent to an activating group) is 1. The van der Waals surface area contributed by atoms with Gasteiger partial charge in [0.05, 0.1) is 18.4 Å². The number of likely N-dealkylation sites (tertiary alicyclic amines) is 1. The highest BCUT2D eigenvalue weighted by Crippen LogP contribution is 2.24. The van der Waals surface area contributed by atoms with Crippen molar-refractivity contribution in [3.05, 3.63) is 57.5 Å². The van der Waals surface area contributed by atoms with Crippen LogP contribution in [-0.2, 0) is 6.54 Å². The molecule has 1 atom stereocenters. The third kappa shape index (κ3) is 4.24. The van der Waals surface area contributed by atoms with Gasteiger partial charge in [-0.05, 0) is 32.0 Å². The lowest BCUT2D eigenvalue weighted by Crippen LogP contribution is -2.54. The molecule has 4 rings (SSSR count). The largest absolute Gasteiger partial charge is 0.366 e. The average molecular weight is 402 g/mol. The van der Waals surface area contributed by atoms with E-state index in [0.29, 0.717) is 12.6 Å². The molecular formula is C21H28ClN5O. The summed E-state index contributed by atoms with van der Waals surface area (Å²) in [6, 6.07) is 10.5. The van der Waals surface area contributed by atoms with Crippen LogP contribution < -0.4 is 10.5 Å². The van der Waals surface area contributed by atoms with Crippen LogP contribution >= 0.6 is 11.6 Å². The van der Waals surface area contributed by atoms with Crippen molar-refractivity contribution >= 4 is 17.3 Å². The summed E-state index contributed by atoms with van der Waals surface area (Å²) in [5, 5.41) is 4.66. The zero-order chi connectivity index (χ0) is 19.5. The zero-order valence-corrected chi connectivity index (χ0v) is 17.2. The average Bonchev–Trinajstić information content (AvgIpc) is 2.73. The number of piperidine rings is 1. The van der Waals surface area contributed by atoms with E-state index < -0.39 is 0 Å². The van der Waals surface area contributed by atoms with Gasteiger partial charge in [-0.2, -0.15) is 5.10 Å². The standard InChI is InChI=1S/C21H28ClN5O/c1-24-9-5-8-18(16-24)25-10-12-26(13-11-25)19-14-23-27(21(28)20(19)22)15-17-6-3-2-4-7-17/h2-4,6-7,14,18H,5,8-13,15-16H2,1H3. The summed E-state index contributed by atoms with van der Waals surface area (Å²) in [5.74, 6) is 0. The summed E-state index contributed by atoms with van der Waals surface area (Å²) in [4.78, 5) is 19.9. The molecule has 2 fully saturated rings. The predicted molar refractivity (Wildman–Crippen MR) is 113 cm³/mol. The number of halogens is 1. The first kappa shape index (κ1) is 19.4. The van der Waals surface area contributed by atoms with E-state index in [0.717, 1.165) is 44.0 Å². The molecule has 6 nitrogen and oxygen atoms in total. The molecule has 1 unspecified atom stereocenters. The minimum atomic E-state index is -0.223. The summed E-state index contributed by atoms with van der Waals surface area (Å²) in [7, 11) is 2.21. The molecule has 1 aromatic carbocycles. The minimum Gasteiger partial charge on any atom is -0.366 e. The maximum Gasteiger partial charge on any atom is 0.287 e. The van der Waals surface area contributed by atoms with Crippen LogP contribution in [0.4, 0.5) is 5.69 Å². The van der Waals surface area contributed by atoms with E-state index in [1.54, 1.807) is 6.20 Å². The molecule has 0 radical (unpaired) electrons. The highest BCUT2D eigenvalue weighted by Gasteiger charge is 2.28. The van der Waals surface area contributed by atoms with Gasteiger partial charge in [0, 0.05) is 38.8 Å². The van der Waals surface area contributed by atoms with E-state index in [9.17, 15) is 4.79 Å². The SMILES string of the molecule is CN1CCCC(N2CCN(c3cnn(Cc4ccccc4)c(=O)c3Cl)CC2)C1. The Morgan fingerprint density at radius 2 is 1.86 bits per heavy atom. The van der Waals surface area contributed by atoms with Gasteiger partial charge < -0.3 is 9.80 Å². The van der Waals surface area contributed by atoms with Crippen molar-refractivity contribution in [2.45, 2.75) is 25.4 Å². The van der Waals surface area contributed by atoms with Crippen molar-refractivity contribution in [2.75, 3.05) is 51.2 Å². The zero-order valence-electron chi connectivity index (χ0n) is 16.4. The normalized spacial score (nSPS) is 21.8. The van der Waals surface area contributed by atoms with Crippen molar-refractivity contribution in [3.8, 4) is 0 Å². The number of rotatable bonds is 4. The van der Waals surface area contributed by atoms with E-state index in [2.05, 4.69) is 26.8 Å². The Morgan fingerprint density at radius 3 is 2.57 bits per heavy atom. The van der Waals surface area contributed by atoms with Gasteiger partial charge in [-0.1, -0.05) is 41.9 Å². The minimum absolute atomic E-state index is 0.223. The molecule has 0 bridgehead atoms. The van der Waals surface area contributed by atoms with Gasteiger partial charge in [-0.25, -0.2) is 4.68 Å². The van der Waals surface area contributed by atoms with Gasteiger partial charge in [-0.15, -0.1) is 0 Å². The molecule has 2 aromatic rings. The maximum atomic E-state index is 12.7. The molecule has 0 saturated carbocycles. The van der Waals surface area contributed by atoms with Crippen LogP contribution in [0, 0.1) is 0 Å². The molecule has 2 aliphatic heterocycles. The van der Waals surface area contributed by atoms with E-state index in [4.69, 9.17) is 11.6 Å². The van der Waals surface area contributed by atoms with Gasteiger partial charge in [0.2, 0.25) is 0 Å². The Hall–Kier alpha value is -1.89. The van der Waals surface area contributed by atoms with Crippen molar-refractivity contribution in [3.63, 3.8) is 0 Å². The fourth-order valence-electron chi connectivity index (χ4n) is 4.31. The first-order valence-corrected chi connectivity index (χ1v) is 10.5. The third-order valence-corrected chi connectivity index (χ3v) is 6.27. The Bertz CT molecular complexity index is 848. The van der Waals surface area contributed by atoms with E-state index >= 15 is 0 Å². The van der Waals surface area contributed by atoms with E-state index in [1.807, 2.05) is 30.3 Å². The number of nitrogens with zero attached hydrogens (tertiary/aromatic N) is 5. The molecule has 150 valence electrons. The fourth-order valence-corrected chi connectivity index (χ4v) is 4.58. The molecule has 0 aliphatic carbocycles. The molecule has 3 heterocycles. The van der Waals surface area contributed by atoms with Crippen LogP contribution in [0.1, 0.15) is 18.4 Å². The summed E-state index contributed by atoms with van der Waals surface area (Å²) in [6.45, 7) is 6.55. The maximum absolute atomic E-state index is 12.7. The summed E-state index contributed by atoms with van der Waals surface area (Å²) in [5.41, 5.74) is 1.57. The molecular weight excluding hydrogens is 374 g/mol. The number of hydrogen-bond donors (Lipinski definition) is 0. The first-order valence-electron chi connectivity index (χ1n) is 10.1. The van der Waals surface area contributed by atoms with Gasteiger partial charge >= 0.3 is 0 Å². The summed E-state index contributed by atoms with van der Waals surface area (Å²) in [6.07, 6.45) is 4.30. The summed E-state index contributed by atoms with van der Waals surface area (Å²) < 4.78 is 1.44. The molecule has 1 aromatic heterocycles. The molecule has 2 aliphatic rings. The second-order valence-electron chi connectivity index (χ2n) is 7.87. The van der Waals surface area contributed by atoms with E-state index in [-0.39, 0.29) is 10.6 Å². The van der Waals surface area contributed by atoms with Crippen molar-refractivity contribution < 1.29 is 0 Å². The van der Waals surface area contributed by atoms with Crippen LogP contribution in [-0.4, -0.2) is 71.9 Å². The molecule has 0 N–H and O–H groups in total. The predicted octanol–water partition coefficient (Wildman–Crippen LogP) is 2.16. The Labute approximate surface area is 171 Å².